The normalized spacial score (nSPS) is 22.9. The van der Waals surface area contributed by atoms with Gasteiger partial charge in [-0.05, 0) is 25.2 Å². The Kier molecular flexibility index (Phi) is 14.0. The van der Waals surface area contributed by atoms with Gasteiger partial charge in [-0.3, -0.25) is 4.79 Å². The molecule has 0 aromatic heterocycles. The first-order chi connectivity index (χ1) is 7.07. The minimum atomic E-state index is -0.833. The Balaban J connectivity index is 0. The van der Waals surface area contributed by atoms with Gasteiger partial charge in [0, 0.05) is 36.5 Å². The zero-order chi connectivity index (χ0) is 11.7. The molecule has 0 spiro atoms. The van der Waals surface area contributed by atoms with Crippen LogP contribution in [0.3, 0.4) is 0 Å². The minimum Gasteiger partial charge on any atom is -0.481 e. The van der Waals surface area contributed by atoms with E-state index in [9.17, 15) is 5.11 Å². The zero-order valence-corrected chi connectivity index (χ0v) is 12.9. The fraction of sp³-hybridized carbons (Fsp3) is 0.917. The average Bonchev–Trinajstić information content (AvgIpc) is 2.51. The van der Waals surface area contributed by atoms with Crippen molar-refractivity contribution < 1.29 is 15.0 Å². The Morgan fingerprint density at radius 2 is 1.88 bits per heavy atom. The molecule has 16 heavy (non-hydrogen) atoms. The molecule has 1 aliphatic rings. The molecular weight excluding hydrogens is 215 g/mol. The van der Waals surface area contributed by atoms with Crippen LogP contribution < -0.4 is 0 Å². The van der Waals surface area contributed by atoms with Crippen LogP contribution in [0, 0.1) is 5.92 Å². The summed E-state index contributed by atoms with van der Waals surface area (Å²) in [5.74, 6) is -0.193. The van der Waals surface area contributed by atoms with Crippen molar-refractivity contribution in [3.63, 3.8) is 0 Å². The number of hydrogen-bond donors (Lipinski definition) is 2. The van der Waals surface area contributed by atoms with Crippen LogP contribution in [-0.2, 0) is 4.79 Å². The summed E-state index contributed by atoms with van der Waals surface area (Å²) in [6.45, 7) is 3.31. The van der Waals surface area contributed by atoms with Gasteiger partial charge in [0.05, 0.1) is 6.10 Å². The van der Waals surface area contributed by atoms with Gasteiger partial charge < -0.3 is 10.2 Å². The third-order valence-corrected chi connectivity index (χ3v) is 2.80. The van der Waals surface area contributed by atoms with E-state index in [-0.39, 0.29) is 35.7 Å². The first kappa shape index (κ1) is 18.8. The van der Waals surface area contributed by atoms with E-state index in [2.05, 4.69) is 6.92 Å². The third kappa shape index (κ3) is 10.9. The number of unbranched alkanes of at least 4 members (excludes halogenated alkanes) is 2. The Labute approximate surface area is 121 Å². The molecule has 2 unspecified atom stereocenters. The van der Waals surface area contributed by atoms with E-state index >= 15 is 0 Å². The molecule has 4 heteroatoms. The van der Waals surface area contributed by atoms with E-state index in [1.54, 1.807) is 0 Å². The van der Waals surface area contributed by atoms with Crippen LogP contribution in [0.1, 0.15) is 58.8 Å². The molecule has 3 nitrogen and oxygen atoms in total. The number of rotatable bonds is 4. The Morgan fingerprint density at radius 3 is 2.25 bits per heavy atom. The van der Waals surface area contributed by atoms with Gasteiger partial charge in [0.2, 0.25) is 0 Å². The number of carbonyl (C=O) groups is 1. The van der Waals surface area contributed by atoms with Crippen molar-refractivity contribution in [3.05, 3.63) is 0 Å². The molecular formula is C12H24NaO3. The van der Waals surface area contributed by atoms with E-state index < -0.39 is 5.97 Å². The van der Waals surface area contributed by atoms with Crippen molar-refractivity contribution in [2.24, 2.45) is 5.92 Å². The molecule has 1 rings (SSSR count). The Hall–Kier alpha value is 0.430. The van der Waals surface area contributed by atoms with E-state index in [1.807, 2.05) is 0 Å². The second kappa shape index (κ2) is 11.9. The maximum Gasteiger partial charge on any atom is 0.300 e. The first-order valence-electron chi connectivity index (χ1n) is 5.95. The summed E-state index contributed by atoms with van der Waals surface area (Å²) >= 11 is 0. The maximum absolute atomic E-state index is 9.49. The Bertz CT molecular complexity index is 170. The second-order valence-corrected chi connectivity index (χ2v) is 4.27. The summed E-state index contributed by atoms with van der Waals surface area (Å²) in [6, 6.07) is 0. The number of aliphatic carboxylic acids is 1. The summed E-state index contributed by atoms with van der Waals surface area (Å²) in [4.78, 5) is 9.00. The molecule has 0 aromatic rings. The molecule has 0 saturated heterocycles. The number of carboxylic acids is 1. The van der Waals surface area contributed by atoms with Gasteiger partial charge in [-0.2, -0.15) is 0 Å². The van der Waals surface area contributed by atoms with E-state index in [0.717, 1.165) is 13.3 Å². The van der Waals surface area contributed by atoms with E-state index in [0.29, 0.717) is 5.92 Å². The third-order valence-electron chi connectivity index (χ3n) is 2.80. The summed E-state index contributed by atoms with van der Waals surface area (Å²) in [5, 5.41) is 16.9. The zero-order valence-electron chi connectivity index (χ0n) is 10.9. The van der Waals surface area contributed by atoms with Crippen LogP contribution >= 0.6 is 0 Å². The summed E-state index contributed by atoms with van der Waals surface area (Å²) in [7, 11) is 0. The molecule has 0 heterocycles. The fourth-order valence-corrected chi connectivity index (χ4v) is 2.01. The van der Waals surface area contributed by atoms with Crippen LogP contribution in [-0.4, -0.2) is 51.8 Å². The molecule has 0 bridgehead atoms. The molecule has 91 valence electrons. The van der Waals surface area contributed by atoms with Crippen LogP contribution in [0.15, 0.2) is 0 Å². The molecule has 0 aromatic carbocycles. The quantitative estimate of drug-likeness (QED) is 0.585. The smallest absolute Gasteiger partial charge is 0.300 e. The SMILES string of the molecule is CC(=O)O.CCCCCC1CCCC1O.[Na]. The molecule has 2 N–H and O–H groups in total. The number of carboxylic acid groups (broad SMARTS) is 1. The molecule has 1 fully saturated rings. The Morgan fingerprint density at radius 1 is 1.31 bits per heavy atom. The van der Waals surface area contributed by atoms with Gasteiger partial charge in [0.25, 0.3) is 5.97 Å². The van der Waals surface area contributed by atoms with Gasteiger partial charge in [-0.25, -0.2) is 0 Å². The van der Waals surface area contributed by atoms with Crippen molar-refractivity contribution in [3.8, 4) is 0 Å². The minimum absolute atomic E-state index is 0. The molecule has 0 amide bonds. The van der Waals surface area contributed by atoms with Crippen molar-refractivity contribution in [2.75, 3.05) is 0 Å². The average molecular weight is 239 g/mol. The van der Waals surface area contributed by atoms with Crippen molar-refractivity contribution >= 4 is 35.5 Å². The molecule has 0 aliphatic heterocycles. The summed E-state index contributed by atoms with van der Waals surface area (Å²) in [6.07, 6.45) is 8.81. The number of hydrogen-bond acceptors (Lipinski definition) is 2. The van der Waals surface area contributed by atoms with Gasteiger partial charge in [-0.15, -0.1) is 0 Å². The molecule has 1 radical (unpaired) electrons. The predicted octanol–water partition coefficient (Wildman–Crippen LogP) is 2.44. The van der Waals surface area contributed by atoms with E-state index in [4.69, 9.17) is 9.90 Å². The van der Waals surface area contributed by atoms with Crippen LogP contribution in [0.5, 0.6) is 0 Å². The van der Waals surface area contributed by atoms with Crippen LogP contribution in [0.2, 0.25) is 0 Å². The van der Waals surface area contributed by atoms with E-state index in [1.165, 1.54) is 38.5 Å². The molecule has 1 saturated carbocycles. The molecule has 2 atom stereocenters. The van der Waals surface area contributed by atoms with Gasteiger partial charge in [0.1, 0.15) is 0 Å². The van der Waals surface area contributed by atoms with Crippen molar-refractivity contribution in [1.29, 1.82) is 0 Å². The van der Waals surface area contributed by atoms with Gasteiger partial charge in [0.15, 0.2) is 0 Å². The molecule has 1 aliphatic carbocycles. The first-order valence-corrected chi connectivity index (χ1v) is 5.95. The topological polar surface area (TPSA) is 57.5 Å². The second-order valence-electron chi connectivity index (χ2n) is 4.27. The number of aliphatic hydroxyl groups is 1. The van der Waals surface area contributed by atoms with Crippen LogP contribution in [0.25, 0.3) is 0 Å². The van der Waals surface area contributed by atoms with Crippen LogP contribution in [0.4, 0.5) is 0 Å². The van der Waals surface area contributed by atoms with Crippen molar-refractivity contribution in [2.45, 2.75) is 64.9 Å². The van der Waals surface area contributed by atoms with Gasteiger partial charge >= 0.3 is 0 Å². The maximum atomic E-state index is 9.49. The fourth-order valence-electron chi connectivity index (χ4n) is 2.01. The van der Waals surface area contributed by atoms with Crippen molar-refractivity contribution in [1.82, 2.24) is 0 Å². The summed E-state index contributed by atoms with van der Waals surface area (Å²) in [5.41, 5.74) is 0. The van der Waals surface area contributed by atoms with Gasteiger partial charge in [-0.1, -0.05) is 32.6 Å². The largest absolute Gasteiger partial charge is 0.481 e. The predicted molar refractivity (Wildman–Crippen MR) is 66.6 cm³/mol. The standard InChI is InChI=1S/C10H20O.C2H4O2.Na/c1-2-3-4-6-9-7-5-8-10(9)11;1-2(3)4;/h9-11H,2-8H2,1H3;1H3,(H,3,4);. The summed E-state index contributed by atoms with van der Waals surface area (Å²) < 4.78 is 0. The monoisotopic (exact) mass is 239 g/mol. The number of aliphatic hydroxyl groups excluding tert-OH is 1.